The van der Waals surface area contributed by atoms with Crippen LogP contribution in [0.4, 0.5) is 0 Å². The Morgan fingerprint density at radius 3 is 2.48 bits per heavy atom. The summed E-state index contributed by atoms with van der Waals surface area (Å²) in [5.41, 5.74) is 1.17. The van der Waals surface area contributed by atoms with Crippen molar-refractivity contribution in [3.63, 3.8) is 0 Å². The van der Waals surface area contributed by atoms with E-state index in [1.165, 1.54) is 5.56 Å². The Hall–Kier alpha value is -2.12. The van der Waals surface area contributed by atoms with Gasteiger partial charge in [-0.15, -0.1) is 0 Å². The average Bonchev–Trinajstić information content (AvgIpc) is 2.56. The molecule has 0 aromatic heterocycles. The van der Waals surface area contributed by atoms with Crippen LogP contribution >= 0.6 is 0 Å². The van der Waals surface area contributed by atoms with Crippen LogP contribution in [-0.2, 0) is 30.2 Å². The average molecular weight is 345 g/mol. The van der Waals surface area contributed by atoms with E-state index in [0.717, 1.165) is 19.3 Å². The Bertz CT molecular complexity index is 558. The minimum Gasteiger partial charge on any atom is -0.495 e. The van der Waals surface area contributed by atoms with E-state index in [9.17, 15) is 9.59 Å². The van der Waals surface area contributed by atoms with Crippen LogP contribution in [-0.4, -0.2) is 50.7 Å². The van der Waals surface area contributed by atoms with Gasteiger partial charge in [0.25, 0.3) is 0 Å². The third kappa shape index (κ3) is 8.00. The van der Waals surface area contributed by atoms with Crippen molar-refractivity contribution >= 4 is 19.1 Å². The lowest BCUT2D eigenvalue weighted by Crippen LogP contribution is -2.41. The molecular weight excluding hydrogens is 321 g/mol. The van der Waals surface area contributed by atoms with Crippen LogP contribution in [0.25, 0.3) is 0 Å². The fourth-order valence-electron chi connectivity index (χ4n) is 2.37. The first-order valence-electron chi connectivity index (χ1n) is 8.49. The summed E-state index contributed by atoms with van der Waals surface area (Å²) in [6.07, 6.45) is 4.56. The predicted molar refractivity (Wildman–Crippen MR) is 94.5 cm³/mol. The van der Waals surface area contributed by atoms with E-state index in [2.05, 4.69) is 0 Å². The molecule has 0 spiro atoms. The van der Waals surface area contributed by atoms with Crippen LogP contribution in [0.5, 0.6) is 0 Å². The summed E-state index contributed by atoms with van der Waals surface area (Å²) in [7, 11) is 0.737. The van der Waals surface area contributed by atoms with Gasteiger partial charge in [0.1, 0.15) is 0 Å². The molecule has 1 fully saturated rings. The highest BCUT2D eigenvalue weighted by Gasteiger charge is 2.28. The Kier molecular flexibility index (Phi) is 8.21. The normalized spacial score (nSPS) is 16.4. The molecule has 0 amide bonds. The first-order valence-corrected chi connectivity index (χ1v) is 8.49. The Morgan fingerprint density at radius 1 is 1.12 bits per heavy atom. The van der Waals surface area contributed by atoms with E-state index < -0.39 is 19.1 Å². The van der Waals surface area contributed by atoms with Gasteiger partial charge in [-0.1, -0.05) is 36.4 Å². The number of allylic oxidation sites excluding steroid dienone is 1. The quantitative estimate of drug-likeness (QED) is 0.530. The summed E-state index contributed by atoms with van der Waals surface area (Å²) < 4.78 is 15.8. The molecule has 1 aliphatic rings. The van der Waals surface area contributed by atoms with E-state index in [-0.39, 0.29) is 13.1 Å². The maximum Gasteiger partial charge on any atom is 0.628 e. The van der Waals surface area contributed by atoms with E-state index in [0.29, 0.717) is 13.2 Å². The number of carbonyl (C=O) groups excluding carboxylic acids is 2. The van der Waals surface area contributed by atoms with E-state index in [1.807, 2.05) is 36.4 Å². The van der Waals surface area contributed by atoms with Gasteiger partial charge in [0.15, 0.2) is 0 Å². The van der Waals surface area contributed by atoms with Crippen LogP contribution in [0.3, 0.4) is 0 Å². The molecule has 1 aromatic carbocycles. The lowest BCUT2D eigenvalue weighted by molar-refractivity contribution is -0.145. The molecule has 0 unspecified atom stereocenters. The van der Waals surface area contributed by atoms with Crippen molar-refractivity contribution in [3.8, 4) is 0 Å². The molecule has 0 N–H and O–H groups in total. The van der Waals surface area contributed by atoms with Gasteiger partial charge in [0.2, 0.25) is 0 Å². The van der Waals surface area contributed by atoms with Crippen molar-refractivity contribution in [1.82, 2.24) is 4.90 Å². The van der Waals surface area contributed by atoms with Crippen LogP contribution in [0.15, 0.2) is 42.4 Å². The van der Waals surface area contributed by atoms with Gasteiger partial charge in [0.05, 0.1) is 19.7 Å². The zero-order chi connectivity index (χ0) is 17.9. The zero-order valence-corrected chi connectivity index (χ0v) is 14.6. The third-order valence-electron chi connectivity index (χ3n) is 3.61. The van der Waals surface area contributed by atoms with Gasteiger partial charge < -0.3 is 14.0 Å². The van der Waals surface area contributed by atoms with Gasteiger partial charge in [-0.3, -0.25) is 14.5 Å². The molecule has 0 radical (unpaired) electrons. The van der Waals surface area contributed by atoms with Gasteiger partial charge in [-0.05, 0) is 37.8 Å². The van der Waals surface area contributed by atoms with Gasteiger partial charge >= 0.3 is 19.1 Å². The van der Waals surface area contributed by atoms with Crippen molar-refractivity contribution < 1.29 is 23.6 Å². The summed E-state index contributed by atoms with van der Waals surface area (Å²) >= 11 is 0. The maximum atomic E-state index is 11.6. The number of unbranched alkanes of at least 4 members (excludes halogenated alkanes) is 2. The second-order valence-electron chi connectivity index (χ2n) is 5.98. The maximum absolute atomic E-state index is 11.6. The first-order chi connectivity index (χ1) is 12.1. The fourth-order valence-corrected chi connectivity index (χ4v) is 2.37. The lowest BCUT2D eigenvalue weighted by atomic mass is 9.88. The Balaban J connectivity index is 1.58. The molecule has 134 valence electrons. The van der Waals surface area contributed by atoms with Crippen molar-refractivity contribution in [3.05, 3.63) is 47.9 Å². The fraction of sp³-hybridized carbons (Fsp3) is 0.444. The molecule has 0 atom stereocenters. The van der Waals surface area contributed by atoms with Gasteiger partial charge in [0, 0.05) is 6.61 Å². The predicted octanol–water partition coefficient (Wildman–Crippen LogP) is 1.99. The zero-order valence-electron chi connectivity index (χ0n) is 14.6. The number of ether oxygens (including phenoxy) is 1. The molecule has 0 saturated carbocycles. The molecule has 1 aliphatic heterocycles. The summed E-state index contributed by atoms with van der Waals surface area (Å²) in [5, 5.41) is 0. The molecule has 6 nitrogen and oxygen atoms in total. The van der Waals surface area contributed by atoms with Crippen molar-refractivity contribution in [2.45, 2.75) is 25.9 Å². The molecule has 0 bridgehead atoms. The van der Waals surface area contributed by atoms with E-state index in [1.54, 1.807) is 17.9 Å². The van der Waals surface area contributed by atoms with Gasteiger partial charge in [-0.2, -0.15) is 0 Å². The number of benzene rings is 1. The Labute approximate surface area is 148 Å². The van der Waals surface area contributed by atoms with E-state index >= 15 is 0 Å². The largest absolute Gasteiger partial charge is 0.628 e. The third-order valence-corrected chi connectivity index (χ3v) is 3.61. The minimum atomic E-state index is -0.928. The summed E-state index contributed by atoms with van der Waals surface area (Å²) in [4.78, 5) is 24.7. The summed E-state index contributed by atoms with van der Waals surface area (Å²) in [5.74, 6) is 0.810. The highest BCUT2D eigenvalue weighted by Crippen LogP contribution is 2.05. The highest BCUT2D eigenvalue weighted by molar-refractivity contribution is 6.54. The Morgan fingerprint density at radius 2 is 1.80 bits per heavy atom. The SMILES string of the molecule is CN1CC(=O)OB(/C=C/CCCCOCc2ccccc2)OC(=O)C1. The molecule has 1 saturated heterocycles. The molecule has 2 rings (SSSR count). The smallest absolute Gasteiger partial charge is 0.495 e. The number of likely N-dealkylation sites (N-methyl/N-ethyl adjacent to an activating group) is 1. The van der Waals surface area contributed by atoms with Gasteiger partial charge in [-0.25, -0.2) is 0 Å². The number of hydrogen-bond donors (Lipinski definition) is 0. The van der Waals surface area contributed by atoms with Crippen LogP contribution in [0.1, 0.15) is 24.8 Å². The second-order valence-corrected chi connectivity index (χ2v) is 5.98. The summed E-state index contributed by atoms with van der Waals surface area (Å²) in [6, 6.07) is 10.1. The molecule has 25 heavy (non-hydrogen) atoms. The number of nitrogens with zero attached hydrogens (tertiary/aromatic N) is 1. The standard InChI is InChI=1S/C18H24BNO5/c1-20-13-17(21)24-19(25-18(22)14-20)11-7-2-3-8-12-23-15-16-9-5-4-6-10-16/h4-7,9-11H,2-3,8,12-15H2,1H3/b11-7+. The second kappa shape index (κ2) is 10.7. The number of hydrogen-bond acceptors (Lipinski definition) is 6. The molecule has 7 heteroatoms. The van der Waals surface area contributed by atoms with Crippen molar-refractivity contribution in [2.75, 3.05) is 26.7 Å². The van der Waals surface area contributed by atoms with E-state index in [4.69, 9.17) is 14.0 Å². The molecule has 1 heterocycles. The van der Waals surface area contributed by atoms with Crippen LogP contribution < -0.4 is 0 Å². The number of rotatable bonds is 8. The lowest BCUT2D eigenvalue weighted by Gasteiger charge is -2.21. The minimum absolute atomic E-state index is 0.0815. The van der Waals surface area contributed by atoms with Crippen LogP contribution in [0, 0.1) is 0 Å². The topological polar surface area (TPSA) is 65.1 Å². The highest BCUT2D eigenvalue weighted by atomic mass is 16.6. The molecular formula is C18H24BNO5. The molecule has 1 aromatic rings. The van der Waals surface area contributed by atoms with Crippen molar-refractivity contribution in [2.24, 2.45) is 0 Å². The molecule has 0 aliphatic carbocycles. The monoisotopic (exact) mass is 345 g/mol. The first kappa shape index (κ1) is 19.2. The summed E-state index contributed by atoms with van der Waals surface area (Å²) in [6.45, 7) is 1.48. The van der Waals surface area contributed by atoms with Crippen LogP contribution in [0.2, 0.25) is 0 Å². The number of carbonyl (C=O) groups is 2. The van der Waals surface area contributed by atoms with Crippen molar-refractivity contribution in [1.29, 1.82) is 0 Å².